The second kappa shape index (κ2) is 5.05. The number of rotatable bonds is 3. The number of aromatic amines is 1. The number of amides is 1. The third-order valence-electron chi connectivity index (χ3n) is 3.65. The van der Waals surface area contributed by atoms with E-state index in [2.05, 4.69) is 4.98 Å². The molecule has 1 amide bonds. The number of ether oxygens (including phenoxy) is 1. The summed E-state index contributed by atoms with van der Waals surface area (Å²) in [7, 11) is 1.84. The van der Waals surface area contributed by atoms with Gasteiger partial charge in [0.05, 0.1) is 6.10 Å². The summed E-state index contributed by atoms with van der Waals surface area (Å²) in [6, 6.07) is 7.72. The second-order valence-corrected chi connectivity index (χ2v) is 5.10. The van der Waals surface area contributed by atoms with Crippen LogP contribution in [0.15, 0.2) is 30.5 Å². The number of hydrogen-bond acceptors (Lipinski definition) is 2. The van der Waals surface area contributed by atoms with Crippen LogP contribution in [0.1, 0.15) is 23.2 Å². The summed E-state index contributed by atoms with van der Waals surface area (Å²) in [5.41, 5.74) is 1.78. The molecule has 1 aliphatic rings. The third kappa shape index (κ3) is 2.49. The zero-order valence-electron chi connectivity index (χ0n) is 11.1. The predicted molar refractivity (Wildman–Crippen MR) is 74.2 cm³/mol. The van der Waals surface area contributed by atoms with Crippen LogP contribution >= 0.6 is 0 Å². The summed E-state index contributed by atoms with van der Waals surface area (Å²) in [5.74, 6) is 0.0543. The van der Waals surface area contributed by atoms with E-state index < -0.39 is 0 Å². The predicted octanol–water partition coefficient (Wildman–Crippen LogP) is 2.42. The largest absolute Gasteiger partial charge is 0.376 e. The van der Waals surface area contributed by atoms with Gasteiger partial charge in [0, 0.05) is 42.9 Å². The van der Waals surface area contributed by atoms with E-state index in [4.69, 9.17) is 4.74 Å². The Kier molecular flexibility index (Phi) is 3.25. The van der Waals surface area contributed by atoms with Crippen molar-refractivity contribution in [1.29, 1.82) is 0 Å². The lowest BCUT2D eigenvalue weighted by Gasteiger charge is -2.20. The zero-order valence-corrected chi connectivity index (χ0v) is 11.1. The van der Waals surface area contributed by atoms with Crippen LogP contribution in [-0.4, -0.2) is 42.1 Å². The number of carbonyl (C=O) groups excluding carboxylic acids is 1. The van der Waals surface area contributed by atoms with Gasteiger partial charge in [0.1, 0.15) is 0 Å². The molecule has 19 heavy (non-hydrogen) atoms. The molecule has 2 heterocycles. The fraction of sp³-hybridized carbons (Fsp3) is 0.400. The van der Waals surface area contributed by atoms with Crippen molar-refractivity contribution >= 4 is 16.8 Å². The lowest BCUT2D eigenvalue weighted by molar-refractivity contribution is 0.0587. The van der Waals surface area contributed by atoms with E-state index in [9.17, 15) is 4.79 Å². The molecule has 1 atom stereocenters. The average molecular weight is 258 g/mol. The van der Waals surface area contributed by atoms with Gasteiger partial charge in [0.25, 0.3) is 5.91 Å². The van der Waals surface area contributed by atoms with Crippen molar-refractivity contribution < 1.29 is 9.53 Å². The van der Waals surface area contributed by atoms with Gasteiger partial charge in [0.15, 0.2) is 0 Å². The zero-order chi connectivity index (χ0) is 13.2. The molecule has 1 fully saturated rings. The number of likely N-dealkylation sites (N-methyl/N-ethyl adjacent to an activating group) is 1. The van der Waals surface area contributed by atoms with Gasteiger partial charge in [0.2, 0.25) is 0 Å². The fourth-order valence-electron chi connectivity index (χ4n) is 2.58. The Labute approximate surface area is 112 Å². The Morgan fingerprint density at radius 3 is 3.16 bits per heavy atom. The molecule has 100 valence electrons. The standard InChI is InChI=1S/C15H18N2O2/c1-17(10-13-3-2-8-19-13)15(18)12-4-5-14-11(9-12)6-7-16-14/h4-7,9,13,16H,2-3,8,10H2,1H3. The Bertz CT molecular complexity index is 585. The van der Waals surface area contributed by atoms with Gasteiger partial charge in [-0.05, 0) is 37.1 Å². The molecule has 0 aliphatic carbocycles. The number of hydrogen-bond donors (Lipinski definition) is 1. The average Bonchev–Trinajstić information content (AvgIpc) is 3.07. The summed E-state index contributed by atoms with van der Waals surface area (Å²) in [5, 5.41) is 1.07. The van der Waals surface area contributed by atoms with Crippen molar-refractivity contribution in [1.82, 2.24) is 9.88 Å². The molecule has 2 aromatic rings. The molecule has 0 radical (unpaired) electrons. The molecule has 1 aromatic carbocycles. The highest BCUT2D eigenvalue weighted by molar-refractivity contribution is 5.97. The van der Waals surface area contributed by atoms with Crippen molar-refractivity contribution in [3.05, 3.63) is 36.0 Å². The molecular formula is C15H18N2O2. The summed E-state index contributed by atoms with van der Waals surface area (Å²) in [4.78, 5) is 17.2. The molecule has 1 unspecified atom stereocenters. The van der Waals surface area contributed by atoms with Crippen LogP contribution in [0, 0.1) is 0 Å². The number of benzene rings is 1. The first-order valence-electron chi connectivity index (χ1n) is 6.68. The lowest BCUT2D eigenvalue weighted by atomic mass is 10.1. The summed E-state index contributed by atoms with van der Waals surface area (Å²) < 4.78 is 5.57. The molecule has 1 aromatic heterocycles. The van der Waals surface area contributed by atoms with Crippen LogP contribution < -0.4 is 0 Å². The maximum atomic E-state index is 12.4. The molecule has 0 spiro atoms. The monoisotopic (exact) mass is 258 g/mol. The topological polar surface area (TPSA) is 45.3 Å². The molecule has 1 N–H and O–H groups in total. The Balaban J connectivity index is 1.74. The smallest absolute Gasteiger partial charge is 0.253 e. The molecule has 1 saturated heterocycles. The highest BCUT2D eigenvalue weighted by atomic mass is 16.5. The molecule has 1 aliphatic heterocycles. The van der Waals surface area contributed by atoms with Crippen LogP contribution in [-0.2, 0) is 4.74 Å². The first-order valence-corrected chi connectivity index (χ1v) is 6.68. The van der Waals surface area contributed by atoms with Crippen LogP contribution in [0.3, 0.4) is 0 Å². The SMILES string of the molecule is CN(CC1CCCO1)C(=O)c1ccc2[nH]ccc2c1. The number of nitrogens with zero attached hydrogens (tertiary/aromatic N) is 1. The quantitative estimate of drug-likeness (QED) is 0.919. The normalized spacial score (nSPS) is 18.9. The van der Waals surface area contributed by atoms with E-state index in [0.29, 0.717) is 6.54 Å². The Hall–Kier alpha value is -1.81. The Morgan fingerprint density at radius 1 is 1.47 bits per heavy atom. The van der Waals surface area contributed by atoms with Crippen molar-refractivity contribution in [2.45, 2.75) is 18.9 Å². The molecule has 4 heteroatoms. The summed E-state index contributed by atoms with van der Waals surface area (Å²) in [6.45, 7) is 1.49. The van der Waals surface area contributed by atoms with E-state index in [0.717, 1.165) is 35.9 Å². The van der Waals surface area contributed by atoms with Crippen LogP contribution in [0.2, 0.25) is 0 Å². The molecule has 4 nitrogen and oxygen atoms in total. The van der Waals surface area contributed by atoms with Crippen molar-refractivity contribution in [2.75, 3.05) is 20.2 Å². The van der Waals surface area contributed by atoms with Gasteiger partial charge >= 0.3 is 0 Å². The minimum atomic E-state index is 0.0543. The fourth-order valence-corrected chi connectivity index (χ4v) is 2.58. The van der Waals surface area contributed by atoms with Gasteiger partial charge in [-0.3, -0.25) is 4.79 Å². The first kappa shape index (κ1) is 12.2. The van der Waals surface area contributed by atoms with Gasteiger partial charge < -0.3 is 14.6 Å². The van der Waals surface area contributed by atoms with Crippen molar-refractivity contribution in [3.8, 4) is 0 Å². The number of H-pyrrole nitrogens is 1. The van der Waals surface area contributed by atoms with Gasteiger partial charge in [-0.15, -0.1) is 0 Å². The van der Waals surface area contributed by atoms with Gasteiger partial charge in [-0.25, -0.2) is 0 Å². The molecule has 3 rings (SSSR count). The number of aromatic nitrogens is 1. The molecule has 0 bridgehead atoms. The van der Waals surface area contributed by atoms with Gasteiger partial charge in [-0.1, -0.05) is 0 Å². The maximum Gasteiger partial charge on any atom is 0.253 e. The molecular weight excluding hydrogens is 240 g/mol. The van der Waals surface area contributed by atoms with E-state index in [1.165, 1.54) is 0 Å². The van der Waals surface area contributed by atoms with Crippen LogP contribution in [0.5, 0.6) is 0 Å². The second-order valence-electron chi connectivity index (χ2n) is 5.10. The number of carbonyl (C=O) groups is 1. The first-order chi connectivity index (χ1) is 9.24. The number of fused-ring (bicyclic) bond motifs is 1. The summed E-state index contributed by atoms with van der Waals surface area (Å²) >= 11 is 0. The van der Waals surface area contributed by atoms with E-state index in [1.54, 1.807) is 4.90 Å². The molecule has 0 saturated carbocycles. The minimum Gasteiger partial charge on any atom is -0.376 e. The highest BCUT2D eigenvalue weighted by Gasteiger charge is 2.20. The van der Waals surface area contributed by atoms with Crippen LogP contribution in [0.25, 0.3) is 10.9 Å². The van der Waals surface area contributed by atoms with Crippen molar-refractivity contribution in [3.63, 3.8) is 0 Å². The maximum absolute atomic E-state index is 12.4. The highest BCUT2D eigenvalue weighted by Crippen LogP contribution is 2.17. The minimum absolute atomic E-state index is 0.0543. The summed E-state index contributed by atoms with van der Waals surface area (Å²) in [6.07, 6.45) is 4.23. The van der Waals surface area contributed by atoms with Crippen molar-refractivity contribution in [2.24, 2.45) is 0 Å². The van der Waals surface area contributed by atoms with Gasteiger partial charge in [-0.2, -0.15) is 0 Å². The van der Waals surface area contributed by atoms with E-state index in [1.807, 2.05) is 37.5 Å². The number of nitrogens with one attached hydrogen (secondary N) is 1. The lowest BCUT2D eigenvalue weighted by Crippen LogP contribution is -2.34. The Morgan fingerprint density at radius 2 is 2.37 bits per heavy atom. The third-order valence-corrected chi connectivity index (χ3v) is 3.65. The van der Waals surface area contributed by atoms with Crippen LogP contribution in [0.4, 0.5) is 0 Å². The van der Waals surface area contributed by atoms with E-state index in [-0.39, 0.29) is 12.0 Å². The van der Waals surface area contributed by atoms with E-state index >= 15 is 0 Å².